The first-order chi connectivity index (χ1) is 8.88. The number of hydrogen-bond acceptors (Lipinski definition) is 3. The van der Waals surface area contributed by atoms with Crippen LogP contribution in [0.4, 0.5) is 4.79 Å². The summed E-state index contributed by atoms with van der Waals surface area (Å²) in [5, 5.41) is 9.24. The van der Waals surface area contributed by atoms with E-state index in [9.17, 15) is 9.90 Å². The molecule has 0 unspecified atom stereocenters. The SMILES string of the molecule is CC(C)(C)N(CCN1CC(N2CCCC2)C1)C(=O)O. The van der Waals surface area contributed by atoms with Crippen LogP contribution in [0.15, 0.2) is 0 Å². The normalized spacial score (nSPS) is 22.5. The van der Waals surface area contributed by atoms with Gasteiger partial charge < -0.3 is 10.0 Å². The molecule has 2 saturated heterocycles. The Morgan fingerprint density at radius 2 is 1.84 bits per heavy atom. The number of rotatable bonds is 4. The summed E-state index contributed by atoms with van der Waals surface area (Å²) < 4.78 is 0. The van der Waals surface area contributed by atoms with E-state index >= 15 is 0 Å². The van der Waals surface area contributed by atoms with Crippen molar-refractivity contribution >= 4 is 6.09 Å². The maximum absolute atomic E-state index is 11.2. The standard InChI is InChI=1S/C14H27N3O2/c1-14(2,3)17(13(18)19)9-8-15-10-12(11-15)16-6-4-5-7-16/h12H,4-11H2,1-3H3,(H,18,19). The molecule has 110 valence electrons. The molecular weight excluding hydrogens is 242 g/mol. The Morgan fingerprint density at radius 1 is 1.26 bits per heavy atom. The van der Waals surface area contributed by atoms with Crippen molar-refractivity contribution in [2.45, 2.75) is 45.2 Å². The molecule has 2 heterocycles. The van der Waals surface area contributed by atoms with E-state index in [4.69, 9.17) is 0 Å². The van der Waals surface area contributed by atoms with Gasteiger partial charge >= 0.3 is 6.09 Å². The molecule has 1 N–H and O–H groups in total. The van der Waals surface area contributed by atoms with Gasteiger partial charge in [-0.25, -0.2) is 4.79 Å². The third-order valence-electron chi connectivity index (χ3n) is 4.28. The van der Waals surface area contributed by atoms with Crippen LogP contribution in [0.25, 0.3) is 0 Å². The molecule has 0 aliphatic carbocycles. The largest absolute Gasteiger partial charge is 0.465 e. The molecule has 19 heavy (non-hydrogen) atoms. The number of hydrogen-bond donors (Lipinski definition) is 1. The van der Waals surface area contributed by atoms with Gasteiger partial charge in [0, 0.05) is 37.8 Å². The molecule has 2 aliphatic heterocycles. The van der Waals surface area contributed by atoms with E-state index in [0.29, 0.717) is 6.54 Å². The number of carboxylic acid groups (broad SMARTS) is 1. The number of amides is 1. The maximum Gasteiger partial charge on any atom is 0.407 e. The quantitative estimate of drug-likeness (QED) is 0.841. The highest BCUT2D eigenvalue weighted by molar-refractivity contribution is 5.65. The van der Waals surface area contributed by atoms with Crippen molar-refractivity contribution in [3.05, 3.63) is 0 Å². The first kappa shape index (κ1) is 14.6. The van der Waals surface area contributed by atoms with Gasteiger partial charge in [-0.15, -0.1) is 0 Å². The van der Waals surface area contributed by atoms with Crippen LogP contribution in [-0.4, -0.2) is 76.7 Å². The highest BCUT2D eigenvalue weighted by atomic mass is 16.4. The first-order valence-corrected chi connectivity index (χ1v) is 7.35. The Labute approximate surface area is 116 Å². The predicted molar refractivity (Wildman–Crippen MR) is 75.5 cm³/mol. The Balaban J connectivity index is 1.70. The number of nitrogens with zero attached hydrogens (tertiary/aromatic N) is 3. The third-order valence-corrected chi connectivity index (χ3v) is 4.28. The van der Waals surface area contributed by atoms with Crippen molar-refractivity contribution in [3.63, 3.8) is 0 Å². The summed E-state index contributed by atoms with van der Waals surface area (Å²) >= 11 is 0. The van der Waals surface area contributed by atoms with E-state index < -0.39 is 6.09 Å². The monoisotopic (exact) mass is 269 g/mol. The van der Waals surface area contributed by atoms with E-state index in [2.05, 4.69) is 9.80 Å². The molecule has 0 radical (unpaired) electrons. The van der Waals surface area contributed by atoms with Crippen LogP contribution in [0.5, 0.6) is 0 Å². The molecule has 2 fully saturated rings. The van der Waals surface area contributed by atoms with Gasteiger partial charge in [-0.2, -0.15) is 0 Å². The van der Waals surface area contributed by atoms with Crippen LogP contribution in [0.2, 0.25) is 0 Å². The van der Waals surface area contributed by atoms with Crippen LogP contribution < -0.4 is 0 Å². The second-order valence-electron chi connectivity index (χ2n) is 6.76. The van der Waals surface area contributed by atoms with Crippen molar-refractivity contribution in [1.29, 1.82) is 0 Å². The molecule has 1 amide bonds. The van der Waals surface area contributed by atoms with Gasteiger partial charge in [0.2, 0.25) is 0 Å². The fourth-order valence-electron chi connectivity index (χ4n) is 3.02. The van der Waals surface area contributed by atoms with E-state index in [1.807, 2.05) is 20.8 Å². The van der Waals surface area contributed by atoms with Crippen LogP contribution in [0.3, 0.4) is 0 Å². The minimum Gasteiger partial charge on any atom is -0.465 e. The Bertz CT molecular complexity index is 315. The van der Waals surface area contributed by atoms with E-state index in [-0.39, 0.29) is 5.54 Å². The van der Waals surface area contributed by atoms with Crippen LogP contribution in [-0.2, 0) is 0 Å². The molecule has 0 atom stereocenters. The van der Waals surface area contributed by atoms with Crippen LogP contribution in [0.1, 0.15) is 33.6 Å². The fourth-order valence-corrected chi connectivity index (χ4v) is 3.02. The minimum atomic E-state index is -0.816. The lowest BCUT2D eigenvalue weighted by atomic mass is 10.1. The zero-order valence-corrected chi connectivity index (χ0v) is 12.4. The summed E-state index contributed by atoms with van der Waals surface area (Å²) in [6, 6.07) is 0.718. The molecule has 0 spiro atoms. The summed E-state index contributed by atoms with van der Waals surface area (Å²) in [6.45, 7) is 12.0. The highest BCUT2D eigenvalue weighted by Gasteiger charge is 2.34. The molecule has 2 rings (SSSR count). The number of carbonyl (C=O) groups is 1. The average molecular weight is 269 g/mol. The van der Waals surface area contributed by atoms with Crippen molar-refractivity contribution < 1.29 is 9.90 Å². The van der Waals surface area contributed by atoms with E-state index in [1.165, 1.54) is 30.8 Å². The smallest absolute Gasteiger partial charge is 0.407 e. The molecular formula is C14H27N3O2. The highest BCUT2D eigenvalue weighted by Crippen LogP contribution is 2.20. The first-order valence-electron chi connectivity index (χ1n) is 7.35. The molecule has 5 heteroatoms. The third kappa shape index (κ3) is 3.60. The number of likely N-dealkylation sites (tertiary alicyclic amines) is 2. The van der Waals surface area contributed by atoms with Crippen LogP contribution in [0, 0.1) is 0 Å². The topological polar surface area (TPSA) is 47.0 Å². The summed E-state index contributed by atoms with van der Waals surface area (Å²) in [4.78, 5) is 17.7. The zero-order valence-electron chi connectivity index (χ0n) is 12.4. The second kappa shape index (κ2) is 5.67. The van der Waals surface area contributed by atoms with Crippen LogP contribution >= 0.6 is 0 Å². The summed E-state index contributed by atoms with van der Waals surface area (Å²) in [6.07, 6.45) is 1.87. The van der Waals surface area contributed by atoms with E-state index in [1.54, 1.807) is 0 Å². The zero-order chi connectivity index (χ0) is 14.0. The van der Waals surface area contributed by atoms with Gasteiger partial charge in [-0.1, -0.05) is 0 Å². The van der Waals surface area contributed by atoms with Gasteiger partial charge in [0.1, 0.15) is 0 Å². The summed E-state index contributed by atoms with van der Waals surface area (Å²) in [7, 11) is 0. The lowest BCUT2D eigenvalue weighted by Gasteiger charge is -2.45. The Kier molecular flexibility index (Phi) is 4.36. The molecule has 0 saturated carbocycles. The van der Waals surface area contributed by atoms with Gasteiger partial charge in [0.05, 0.1) is 0 Å². The molecule has 0 aromatic carbocycles. The average Bonchev–Trinajstić information content (AvgIpc) is 2.71. The van der Waals surface area contributed by atoms with E-state index in [0.717, 1.165) is 25.7 Å². The van der Waals surface area contributed by atoms with Crippen molar-refractivity contribution in [2.75, 3.05) is 39.3 Å². The predicted octanol–water partition coefficient (Wildman–Crippen LogP) is 1.54. The fraction of sp³-hybridized carbons (Fsp3) is 0.929. The maximum atomic E-state index is 11.2. The lowest BCUT2D eigenvalue weighted by Crippen LogP contribution is -2.60. The minimum absolute atomic E-state index is 0.314. The molecule has 5 nitrogen and oxygen atoms in total. The van der Waals surface area contributed by atoms with Crippen molar-refractivity contribution in [2.24, 2.45) is 0 Å². The summed E-state index contributed by atoms with van der Waals surface area (Å²) in [5.41, 5.74) is -0.314. The van der Waals surface area contributed by atoms with Gasteiger partial charge in [-0.3, -0.25) is 9.80 Å². The van der Waals surface area contributed by atoms with Gasteiger partial charge in [0.25, 0.3) is 0 Å². The van der Waals surface area contributed by atoms with Gasteiger partial charge in [-0.05, 0) is 46.7 Å². The summed E-state index contributed by atoms with van der Waals surface area (Å²) in [5.74, 6) is 0. The Morgan fingerprint density at radius 3 is 2.32 bits per heavy atom. The van der Waals surface area contributed by atoms with Crippen molar-refractivity contribution in [1.82, 2.24) is 14.7 Å². The Hall–Kier alpha value is -0.810. The van der Waals surface area contributed by atoms with Crippen molar-refractivity contribution in [3.8, 4) is 0 Å². The van der Waals surface area contributed by atoms with Gasteiger partial charge in [0.15, 0.2) is 0 Å². The lowest BCUT2D eigenvalue weighted by molar-refractivity contribution is 0.0312. The molecule has 0 aromatic rings. The second-order valence-corrected chi connectivity index (χ2v) is 6.76. The molecule has 2 aliphatic rings. The molecule has 0 bridgehead atoms. The molecule has 0 aromatic heterocycles.